The van der Waals surface area contributed by atoms with Crippen molar-refractivity contribution in [3.05, 3.63) is 6.07 Å². The maximum absolute atomic E-state index is 11.0. The van der Waals surface area contributed by atoms with E-state index in [1.807, 2.05) is 6.92 Å². The highest BCUT2D eigenvalue weighted by Gasteiger charge is 2.10. The van der Waals surface area contributed by atoms with Crippen LogP contribution in [0.2, 0.25) is 0 Å². The van der Waals surface area contributed by atoms with Crippen LogP contribution in [0.4, 0.5) is 11.6 Å². The first-order chi connectivity index (χ1) is 8.01. The van der Waals surface area contributed by atoms with Gasteiger partial charge in [0.15, 0.2) is 5.16 Å². The van der Waals surface area contributed by atoms with E-state index in [9.17, 15) is 4.79 Å². The van der Waals surface area contributed by atoms with Crippen LogP contribution in [0.15, 0.2) is 11.2 Å². The molecule has 1 unspecified atom stereocenters. The monoisotopic (exact) mass is 256 g/mol. The number of rotatable bonds is 5. The van der Waals surface area contributed by atoms with Gasteiger partial charge in [-0.15, -0.1) is 0 Å². The van der Waals surface area contributed by atoms with Crippen molar-refractivity contribution in [1.29, 1.82) is 0 Å². The maximum atomic E-state index is 11.0. The molecule has 0 aliphatic carbocycles. The van der Waals surface area contributed by atoms with Crippen LogP contribution in [0.25, 0.3) is 0 Å². The lowest BCUT2D eigenvalue weighted by Crippen LogP contribution is -2.30. The third-order valence-electron chi connectivity index (χ3n) is 1.99. The smallest absolute Gasteiger partial charge is 0.233 e. The molecule has 0 aliphatic rings. The Hall–Kier alpha value is -1.54. The molecule has 1 heterocycles. The molecule has 1 amide bonds. The van der Waals surface area contributed by atoms with E-state index in [0.717, 1.165) is 0 Å². The first-order valence-electron chi connectivity index (χ1n) is 5.07. The zero-order chi connectivity index (χ0) is 12.8. The van der Waals surface area contributed by atoms with E-state index < -0.39 is 0 Å². The topological polar surface area (TPSA) is 133 Å². The van der Waals surface area contributed by atoms with E-state index >= 15 is 0 Å². The molecule has 0 aromatic carbocycles. The molecule has 94 valence electrons. The van der Waals surface area contributed by atoms with E-state index in [2.05, 4.69) is 15.4 Å². The van der Waals surface area contributed by atoms with Gasteiger partial charge < -0.3 is 11.5 Å². The molecular formula is C9H16N6OS. The van der Waals surface area contributed by atoms with Crippen molar-refractivity contribution >= 4 is 29.3 Å². The summed E-state index contributed by atoms with van der Waals surface area (Å²) in [6.07, 6.45) is 1.04. The van der Waals surface area contributed by atoms with Gasteiger partial charge in [0.2, 0.25) is 5.91 Å². The minimum Gasteiger partial charge on any atom is -0.383 e. The molecule has 0 spiro atoms. The molecule has 7 nitrogen and oxygen atoms in total. The predicted molar refractivity (Wildman–Crippen MR) is 67.7 cm³/mol. The highest BCUT2D eigenvalue weighted by Crippen LogP contribution is 2.24. The number of aromatic nitrogens is 2. The van der Waals surface area contributed by atoms with Crippen molar-refractivity contribution in [2.24, 2.45) is 5.84 Å². The summed E-state index contributed by atoms with van der Waals surface area (Å²) in [5.41, 5.74) is 13.2. The number of nitrogens with two attached hydrogens (primary N) is 3. The summed E-state index contributed by atoms with van der Waals surface area (Å²) in [7, 11) is 0. The maximum Gasteiger partial charge on any atom is 0.233 e. The first-order valence-corrected chi connectivity index (χ1v) is 5.95. The molecule has 0 bridgehead atoms. The van der Waals surface area contributed by atoms with Crippen LogP contribution in [0, 0.1) is 0 Å². The van der Waals surface area contributed by atoms with Gasteiger partial charge in [0.25, 0.3) is 0 Å². The van der Waals surface area contributed by atoms with Gasteiger partial charge in [0, 0.05) is 17.7 Å². The van der Waals surface area contributed by atoms with Gasteiger partial charge in [-0.1, -0.05) is 18.7 Å². The van der Waals surface area contributed by atoms with Crippen LogP contribution in [-0.4, -0.2) is 21.1 Å². The van der Waals surface area contributed by atoms with Crippen molar-refractivity contribution in [2.45, 2.75) is 30.2 Å². The number of hydrogen-bond acceptors (Lipinski definition) is 7. The van der Waals surface area contributed by atoms with Crippen LogP contribution in [0.3, 0.4) is 0 Å². The van der Waals surface area contributed by atoms with Crippen molar-refractivity contribution in [3.8, 4) is 0 Å². The van der Waals surface area contributed by atoms with Crippen LogP contribution in [0.5, 0.6) is 0 Å². The number of carbonyl (C=O) groups excluding carboxylic acids is 1. The summed E-state index contributed by atoms with van der Waals surface area (Å²) in [6.45, 7) is 1.97. The Bertz CT molecular complexity index is 379. The molecule has 1 rings (SSSR count). The Labute approximate surface area is 104 Å². The molecule has 7 N–H and O–H groups in total. The van der Waals surface area contributed by atoms with E-state index in [-0.39, 0.29) is 11.2 Å². The molecule has 1 atom stereocenters. The van der Waals surface area contributed by atoms with Gasteiger partial charge in [-0.25, -0.2) is 15.8 Å². The van der Waals surface area contributed by atoms with Gasteiger partial charge in [-0.3, -0.25) is 10.2 Å². The normalized spacial score (nSPS) is 12.1. The molecule has 0 fully saturated rings. The SMILES string of the molecule is CC(CCC(=O)NN)Sc1nc(N)cc(N)n1. The van der Waals surface area contributed by atoms with Gasteiger partial charge in [0.1, 0.15) is 11.6 Å². The lowest BCUT2D eigenvalue weighted by atomic mass is 10.2. The highest BCUT2D eigenvalue weighted by molar-refractivity contribution is 7.99. The molecule has 8 heteroatoms. The standard InChI is InChI=1S/C9H16N6OS/c1-5(2-3-8(16)15-12)17-9-13-6(10)4-7(11)14-9/h4-5H,2-3,12H2,1H3,(H,15,16)(H4,10,11,13,14). The Morgan fingerprint density at radius 3 is 2.59 bits per heavy atom. The number of thioether (sulfide) groups is 1. The molecular weight excluding hydrogens is 240 g/mol. The second kappa shape index (κ2) is 6.26. The first kappa shape index (κ1) is 13.5. The van der Waals surface area contributed by atoms with Gasteiger partial charge >= 0.3 is 0 Å². The Morgan fingerprint density at radius 2 is 2.06 bits per heavy atom. The molecule has 1 aromatic heterocycles. The number of hydrogen-bond donors (Lipinski definition) is 4. The number of nitrogens with zero attached hydrogens (tertiary/aromatic N) is 2. The predicted octanol–water partition coefficient (Wildman–Crippen LogP) is -0.108. The second-order valence-corrected chi connectivity index (χ2v) is 4.94. The zero-order valence-corrected chi connectivity index (χ0v) is 10.3. The fourth-order valence-corrected chi connectivity index (χ4v) is 2.07. The minimum absolute atomic E-state index is 0.175. The van der Waals surface area contributed by atoms with Crippen LogP contribution >= 0.6 is 11.8 Å². The molecule has 17 heavy (non-hydrogen) atoms. The number of anilines is 2. The quantitative estimate of drug-likeness (QED) is 0.190. The average molecular weight is 256 g/mol. The van der Waals surface area contributed by atoms with Gasteiger partial charge in [-0.2, -0.15) is 0 Å². The van der Waals surface area contributed by atoms with Gasteiger partial charge in [0.05, 0.1) is 0 Å². The van der Waals surface area contributed by atoms with Crippen LogP contribution < -0.4 is 22.7 Å². The third kappa shape index (κ3) is 4.87. The summed E-state index contributed by atoms with van der Waals surface area (Å²) >= 11 is 1.42. The molecule has 0 saturated carbocycles. The summed E-state index contributed by atoms with van der Waals surface area (Å²) in [5, 5.41) is 0.691. The Morgan fingerprint density at radius 1 is 1.47 bits per heavy atom. The largest absolute Gasteiger partial charge is 0.383 e. The van der Waals surface area contributed by atoms with Crippen molar-refractivity contribution in [3.63, 3.8) is 0 Å². The number of amides is 1. The van der Waals surface area contributed by atoms with Crippen LogP contribution in [0.1, 0.15) is 19.8 Å². The molecule has 0 aliphatic heterocycles. The minimum atomic E-state index is -0.189. The fourth-order valence-electron chi connectivity index (χ4n) is 1.16. The lowest BCUT2D eigenvalue weighted by molar-refractivity contribution is -0.121. The van der Waals surface area contributed by atoms with Gasteiger partial charge in [-0.05, 0) is 6.42 Å². The van der Waals surface area contributed by atoms with Crippen molar-refractivity contribution in [2.75, 3.05) is 11.5 Å². The van der Waals surface area contributed by atoms with E-state index in [1.54, 1.807) is 0 Å². The summed E-state index contributed by atoms with van der Waals surface area (Å²) in [4.78, 5) is 19.1. The van der Waals surface area contributed by atoms with Crippen LogP contribution in [-0.2, 0) is 4.79 Å². The number of nitrogen functional groups attached to an aromatic ring is 2. The van der Waals surface area contributed by atoms with Crippen molar-refractivity contribution < 1.29 is 4.79 Å². The second-order valence-electron chi connectivity index (χ2n) is 3.53. The molecule has 1 aromatic rings. The molecule has 0 radical (unpaired) electrons. The third-order valence-corrected chi connectivity index (χ3v) is 3.02. The summed E-state index contributed by atoms with van der Waals surface area (Å²) in [6, 6.07) is 1.50. The summed E-state index contributed by atoms with van der Waals surface area (Å²) in [5.74, 6) is 5.48. The summed E-state index contributed by atoms with van der Waals surface area (Å²) < 4.78 is 0. The van der Waals surface area contributed by atoms with E-state index in [4.69, 9.17) is 17.3 Å². The van der Waals surface area contributed by atoms with Crippen molar-refractivity contribution in [1.82, 2.24) is 15.4 Å². The molecule has 0 saturated heterocycles. The lowest BCUT2D eigenvalue weighted by Gasteiger charge is -2.09. The van der Waals surface area contributed by atoms with E-state index in [0.29, 0.717) is 29.6 Å². The highest BCUT2D eigenvalue weighted by atomic mass is 32.2. The van der Waals surface area contributed by atoms with E-state index in [1.165, 1.54) is 17.8 Å². The number of carbonyl (C=O) groups is 1. The number of hydrazine groups is 1. The average Bonchev–Trinajstić information content (AvgIpc) is 2.24. The zero-order valence-electron chi connectivity index (χ0n) is 9.51. The number of nitrogens with one attached hydrogen (secondary N) is 1. The Balaban J connectivity index is 2.50. The Kier molecular flexibility index (Phi) is 4.98. The fraction of sp³-hybridized carbons (Fsp3) is 0.444.